The zero-order valence-corrected chi connectivity index (χ0v) is 12.7. The first-order valence-electron chi connectivity index (χ1n) is 8.06. The van der Waals surface area contributed by atoms with E-state index in [-0.39, 0.29) is 5.82 Å². The van der Waals surface area contributed by atoms with Crippen molar-refractivity contribution in [3.8, 4) is 5.75 Å². The molecule has 3 unspecified atom stereocenters. The van der Waals surface area contributed by atoms with Crippen molar-refractivity contribution >= 4 is 0 Å². The van der Waals surface area contributed by atoms with E-state index < -0.39 is 0 Å². The molecule has 3 atom stereocenters. The molecule has 1 saturated carbocycles. The number of rotatable bonds is 4. The third-order valence-electron chi connectivity index (χ3n) is 4.93. The molecular weight excluding hydrogens is 267 g/mol. The van der Waals surface area contributed by atoms with Crippen LogP contribution >= 0.6 is 0 Å². The van der Waals surface area contributed by atoms with Gasteiger partial charge in [-0.25, -0.2) is 4.39 Å². The number of fused-ring (bicyclic) bond motifs is 1. The van der Waals surface area contributed by atoms with Gasteiger partial charge in [-0.3, -0.25) is 4.90 Å². The summed E-state index contributed by atoms with van der Waals surface area (Å²) in [5.74, 6) is 1.45. The Hall–Kier alpha value is -1.13. The molecule has 2 N–H and O–H groups in total. The molecule has 2 fully saturated rings. The van der Waals surface area contributed by atoms with E-state index in [9.17, 15) is 4.39 Å². The lowest BCUT2D eigenvalue weighted by atomic mass is 9.78. The minimum Gasteiger partial charge on any atom is -0.491 e. The molecule has 0 radical (unpaired) electrons. The van der Waals surface area contributed by atoms with Crippen molar-refractivity contribution in [1.82, 2.24) is 4.90 Å². The van der Waals surface area contributed by atoms with Crippen molar-refractivity contribution < 1.29 is 9.13 Å². The van der Waals surface area contributed by atoms with Crippen LogP contribution in [0.4, 0.5) is 4.39 Å². The normalized spacial score (nSPS) is 29.4. The van der Waals surface area contributed by atoms with Crippen LogP contribution in [-0.4, -0.2) is 30.6 Å². The molecule has 116 valence electrons. The lowest BCUT2D eigenvalue weighted by Crippen LogP contribution is -2.38. The maximum absolute atomic E-state index is 13.9. The second kappa shape index (κ2) is 6.32. The second-order valence-corrected chi connectivity index (χ2v) is 6.41. The summed E-state index contributed by atoms with van der Waals surface area (Å²) in [6, 6.07) is 5.66. The molecule has 1 aromatic carbocycles. The van der Waals surface area contributed by atoms with Gasteiger partial charge in [0.1, 0.15) is 0 Å². The fourth-order valence-corrected chi connectivity index (χ4v) is 3.91. The maximum atomic E-state index is 13.9. The Morgan fingerprint density at radius 1 is 1.33 bits per heavy atom. The van der Waals surface area contributed by atoms with Crippen molar-refractivity contribution in [2.75, 3.05) is 19.7 Å². The maximum Gasteiger partial charge on any atom is 0.165 e. The van der Waals surface area contributed by atoms with Crippen LogP contribution < -0.4 is 10.5 Å². The molecule has 1 aliphatic heterocycles. The first-order valence-corrected chi connectivity index (χ1v) is 8.06. The topological polar surface area (TPSA) is 38.5 Å². The molecule has 0 spiro atoms. The monoisotopic (exact) mass is 292 g/mol. The number of halogens is 1. The number of hydrogen-bond acceptors (Lipinski definition) is 3. The van der Waals surface area contributed by atoms with Crippen molar-refractivity contribution in [2.45, 2.75) is 38.8 Å². The molecule has 0 bridgehead atoms. The van der Waals surface area contributed by atoms with E-state index in [1.165, 1.54) is 12.8 Å². The first-order chi connectivity index (χ1) is 10.2. The van der Waals surface area contributed by atoms with Crippen LogP contribution in [0.1, 0.15) is 31.7 Å². The van der Waals surface area contributed by atoms with Crippen LogP contribution in [0.2, 0.25) is 0 Å². The van der Waals surface area contributed by atoms with Gasteiger partial charge in [0.05, 0.1) is 6.61 Å². The quantitative estimate of drug-likeness (QED) is 0.927. The van der Waals surface area contributed by atoms with Gasteiger partial charge in [0.2, 0.25) is 0 Å². The number of hydrogen-bond donors (Lipinski definition) is 1. The lowest BCUT2D eigenvalue weighted by Gasteiger charge is -2.29. The number of nitrogens with two attached hydrogens (primary N) is 1. The smallest absolute Gasteiger partial charge is 0.165 e. The molecule has 2 aliphatic rings. The first kappa shape index (κ1) is 14.8. The minimum atomic E-state index is -0.261. The fourth-order valence-electron chi connectivity index (χ4n) is 3.91. The van der Waals surface area contributed by atoms with Crippen molar-refractivity contribution in [1.29, 1.82) is 0 Å². The van der Waals surface area contributed by atoms with Gasteiger partial charge < -0.3 is 10.5 Å². The van der Waals surface area contributed by atoms with E-state index in [4.69, 9.17) is 10.5 Å². The Kier molecular flexibility index (Phi) is 4.45. The Morgan fingerprint density at radius 3 is 2.90 bits per heavy atom. The molecule has 0 amide bonds. The van der Waals surface area contributed by atoms with Gasteiger partial charge in [-0.15, -0.1) is 0 Å². The molecule has 1 aromatic rings. The Bertz CT molecular complexity index is 494. The van der Waals surface area contributed by atoms with Crippen LogP contribution in [0.25, 0.3) is 0 Å². The molecule has 3 rings (SSSR count). The summed E-state index contributed by atoms with van der Waals surface area (Å²) >= 11 is 0. The zero-order chi connectivity index (χ0) is 14.8. The van der Waals surface area contributed by atoms with Crippen LogP contribution in [0, 0.1) is 17.7 Å². The molecule has 1 saturated heterocycles. The number of likely N-dealkylation sites (tertiary alicyclic amines) is 1. The van der Waals surface area contributed by atoms with E-state index in [0.29, 0.717) is 24.3 Å². The van der Waals surface area contributed by atoms with Crippen molar-refractivity contribution in [3.63, 3.8) is 0 Å². The summed E-state index contributed by atoms with van der Waals surface area (Å²) in [4.78, 5) is 2.43. The van der Waals surface area contributed by atoms with Crippen LogP contribution in [-0.2, 0) is 6.54 Å². The van der Waals surface area contributed by atoms with Gasteiger partial charge in [0.25, 0.3) is 0 Å². The minimum absolute atomic E-state index is 0.261. The van der Waals surface area contributed by atoms with E-state index >= 15 is 0 Å². The summed E-state index contributed by atoms with van der Waals surface area (Å²) in [5, 5.41) is 0. The van der Waals surface area contributed by atoms with E-state index in [1.807, 2.05) is 13.0 Å². The molecule has 0 aromatic heterocycles. The van der Waals surface area contributed by atoms with Gasteiger partial charge in [0, 0.05) is 25.7 Å². The largest absolute Gasteiger partial charge is 0.491 e. The third kappa shape index (κ3) is 3.22. The van der Waals surface area contributed by atoms with Gasteiger partial charge >= 0.3 is 0 Å². The average Bonchev–Trinajstić information content (AvgIpc) is 2.86. The van der Waals surface area contributed by atoms with Crippen molar-refractivity contribution in [2.24, 2.45) is 17.6 Å². The summed E-state index contributed by atoms with van der Waals surface area (Å²) in [6.07, 6.45) is 3.72. The SMILES string of the molecule is CCOc1ccc(CN2CC3CCCC(N)C3C2)cc1F. The highest BCUT2D eigenvalue weighted by molar-refractivity contribution is 5.29. The molecule has 3 nitrogen and oxygen atoms in total. The predicted octanol–water partition coefficient (Wildman–Crippen LogP) is 2.78. The summed E-state index contributed by atoms with van der Waals surface area (Å²) in [7, 11) is 0. The molecule has 1 heterocycles. The summed E-state index contributed by atoms with van der Waals surface area (Å²) in [5.41, 5.74) is 7.27. The predicted molar refractivity (Wildman–Crippen MR) is 81.7 cm³/mol. The molecule has 4 heteroatoms. The van der Waals surface area contributed by atoms with Crippen LogP contribution in [0.5, 0.6) is 5.75 Å². The van der Waals surface area contributed by atoms with E-state index in [2.05, 4.69) is 4.90 Å². The standard InChI is InChI=1S/C17H25FN2O/c1-2-21-17-7-6-12(8-15(17)18)9-20-10-13-4-3-5-16(19)14(13)11-20/h6-8,13-14,16H,2-5,9-11,19H2,1H3. The number of ether oxygens (including phenoxy) is 1. The average molecular weight is 292 g/mol. The van der Waals surface area contributed by atoms with Crippen LogP contribution in [0.15, 0.2) is 18.2 Å². The third-order valence-corrected chi connectivity index (χ3v) is 4.93. The number of nitrogens with zero attached hydrogens (tertiary/aromatic N) is 1. The van der Waals surface area contributed by atoms with Crippen LogP contribution in [0.3, 0.4) is 0 Å². The second-order valence-electron chi connectivity index (χ2n) is 6.41. The molecule has 21 heavy (non-hydrogen) atoms. The Morgan fingerprint density at radius 2 is 2.19 bits per heavy atom. The fraction of sp³-hybridized carbons (Fsp3) is 0.647. The Labute approximate surface area is 126 Å². The lowest BCUT2D eigenvalue weighted by molar-refractivity contribution is 0.259. The Balaban J connectivity index is 1.63. The van der Waals surface area contributed by atoms with Gasteiger partial charge in [-0.05, 0) is 49.3 Å². The highest BCUT2D eigenvalue weighted by Crippen LogP contribution is 2.36. The zero-order valence-electron chi connectivity index (χ0n) is 12.7. The van der Waals surface area contributed by atoms with Gasteiger partial charge in [0.15, 0.2) is 11.6 Å². The molecule has 1 aliphatic carbocycles. The molecular formula is C17H25FN2O. The summed E-state index contributed by atoms with van der Waals surface area (Å²) in [6.45, 7) is 5.32. The van der Waals surface area contributed by atoms with Gasteiger partial charge in [-0.1, -0.05) is 12.5 Å². The summed E-state index contributed by atoms with van der Waals surface area (Å²) < 4.78 is 19.2. The highest BCUT2D eigenvalue weighted by atomic mass is 19.1. The number of benzene rings is 1. The van der Waals surface area contributed by atoms with Crippen molar-refractivity contribution in [3.05, 3.63) is 29.6 Å². The van der Waals surface area contributed by atoms with Gasteiger partial charge in [-0.2, -0.15) is 0 Å². The highest BCUT2D eigenvalue weighted by Gasteiger charge is 2.38. The van der Waals surface area contributed by atoms with E-state index in [1.54, 1.807) is 12.1 Å². The van der Waals surface area contributed by atoms with E-state index in [0.717, 1.165) is 37.5 Å².